The predicted molar refractivity (Wildman–Crippen MR) is 119 cm³/mol. The molecule has 1 aromatic heterocycles. The Morgan fingerprint density at radius 1 is 0.935 bits per heavy atom. The number of aryl methyl sites for hydroxylation is 1. The number of hydrogen-bond acceptors (Lipinski definition) is 4. The van der Waals surface area contributed by atoms with Crippen LogP contribution in [0.3, 0.4) is 0 Å². The van der Waals surface area contributed by atoms with Gasteiger partial charge in [0.25, 0.3) is 5.91 Å². The first kappa shape index (κ1) is 20.7. The number of ketones is 2. The minimum atomic E-state index is -1.12. The minimum Gasteiger partial charge on any atom is -0.293 e. The summed E-state index contributed by atoms with van der Waals surface area (Å²) in [5.41, 5.74) is 3.31. The number of carbonyl (C=O) groups excluding carboxylic acids is 3. The normalized spacial score (nSPS) is 18.6. The number of hydrogen-bond donors (Lipinski definition) is 0. The molecule has 5 nitrogen and oxygen atoms in total. The molecule has 0 N–H and O–H groups in total. The van der Waals surface area contributed by atoms with Gasteiger partial charge in [0.05, 0.1) is 6.04 Å². The topological polar surface area (TPSA) is 67.3 Å². The molecule has 0 radical (unpaired) electrons. The Balaban J connectivity index is 1.83. The molecule has 0 saturated carbocycles. The van der Waals surface area contributed by atoms with E-state index in [9.17, 15) is 14.4 Å². The van der Waals surface area contributed by atoms with Gasteiger partial charge in [-0.25, -0.2) is 4.98 Å². The highest BCUT2D eigenvalue weighted by Gasteiger charge is 2.52. The zero-order chi connectivity index (χ0) is 22.1. The zero-order valence-corrected chi connectivity index (χ0v) is 17.8. The van der Waals surface area contributed by atoms with Crippen molar-refractivity contribution in [1.82, 2.24) is 4.98 Å². The Morgan fingerprint density at radius 3 is 2.19 bits per heavy atom. The van der Waals surface area contributed by atoms with Crippen LogP contribution in [0.25, 0.3) is 0 Å². The number of rotatable bonds is 5. The van der Waals surface area contributed by atoms with Crippen LogP contribution in [0.4, 0.5) is 5.82 Å². The second kappa shape index (κ2) is 8.26. The molecule has 4 rings (SSSR count). The lowest BCUT2D eigenvalue weighted by molar-refractivity contribution is -0.135. The molecule has 1 saturated heterocycles. The minimum absolute atomic E-state index is 0.345. The summed E-state index contributed by atoms with van der Waals surface area (Å²) in [6, 6.07) is 19.3. The van der Waals surface area contributed by atoms with E-state index in [0.717, 1.165) is 16.7 Å². The number of Topliss-reactive ketones (excluding diaryl/α,β-unsaturated/α-hetero) is 2. The molecule has 0 spiro atoms. The highest BCUT2D eigenvalue weighted by atomic mass is 16.2. The highest BCUT2D eigenvalue weighted by molar-refractivity contribution is 6.48. The first-order valence-electron chi connectivity index (χ1n) is 10.4. The summed E-state index contributed by atoms with van der Waals surface area (Å²) in [4.78, 5) is 45.2. The Morgan fingerprint density at radius 2 is 1.61 bits per heavy atom. The molecule has 0 bridgehead atoms. The molecule has 2 unspecified atom stereocenters. The molecule has 31 heavy (non-hydrogen) atoms. The van der Waals surface area contributed by atoms with Crippen molar-refractivity contribution in [2.24, 2.45) is 5.92 Å². The fraction of sp³-hybridized carbons (Fsp3) is 0.231. The van der Waals surface area contributed by atoms with Crippen molar-refractivity contribution in [2.45, 2.75) is 32.7 Å². The third kappa shape index (κ3) is 3.79. The zero-order valence-electron chi connectivity index (χ0n) is 17.8. The van der Waals surface area contributed by atoms with Gasteiger partial charge in [0.1, 0.15) is 11.7 Å². The van der Waals surface area contributed by atoms with Crippen LogP contribution < -0.4 is 4.90 Å². The molecular weight excluding hydrogens is 388 g/mol. The predicted octanol–water partition coefficient (Wildman–Crippen LogP) is 4.67. The number of amides is 1. The van der Waals surface area contributed by atoms with Gasteiger partial charge in [-0.2, -0.15) is 0 Å². The smallest absolute Gasteiger partial charge is 0.293 e. The maximum Gasteiger partial charge on any atom is 0.297 e. The van der Waals surface area contributed by atoms with Crippen molar-refractivity contribution in [3.05, 3.63) is 95.2 Å². The van der Waals surface area contributed by atoms with E-state index in [1.54, 1.807) is 36.5 Å². The lowest BCUT2D eigenvalue weighted by atomic mass is 9.85. The molecule has 1 fully saturated rings. The van der Waals surface area contributed by atoms with Gasteiger partial charge in [-0.3, -0.25) is 19.3 Å². The number of benzene rings is 2. The molecule has 3 aromatic rings. The highest BCUT2D eigenvalue weighted by Crippen LogP contribution is 2.40. The van der Waals surface area contributed by atoms with Crippen molar-refractivity contribution >= 4 is 23.3 Å². The van der Waals surface area contributed by atoms with Crippen LogP contribution in [0.15, 0.2) is 72.9 Å². The number of carbonyl (C=O) groups is 3. The van der Waals surface area contributed by atoms with E-state index in [4.69, 9.17) is 0 Å². The molecule has 0 aliphatic carbocycles. The van der Waals surface area contributed by atoms with Crippen molar-refractivity contribution < 1.29 is 14.4 Å². The van der Waals surface area contributed by atoms with E-state index in [0.29, 0.717) is 17.3 Å². The van der Waals surface area contributed by atoms with E-state index < -0.39 is 23.7 Å². The first-order chi connectivity index (χ1) is 14.9. The van der Waals surface area contributed by atoms with Gasteiger partial charge >= 0.3 is 0 Å². The average molecular weight is 412 g/mol. The lowest BCUT2D eigenvalue weighted by Crippen LogP contribution is -2.31. The summed E-state index contributed by atoms with van der Waals surface area (Å²) in [6.07, 6.45) is 1.57. The van der Waals surface area contributed by atoms with Crippen LogP contribution in [-0.4, -0.2) is 22.5 Å². The molecule has 2 aromatic carbocycles. The summed E-state index contributed by atoms with van der Waals surface area (Å²) in [7, 11) is 0. The Kier molecular flexibility index (Phi) is 5.51. The van der Waals surface area contributed by atoms with Gasteiger partial charge in [-0.15, -0.1) is 0 Å². The third-order valence-electron chi connectivity index (χ3n) is 5.77. The van der Waals surface area contributed by atoms with Gasteiger partial charge in [0.2, 0.25) is 5.78 Å². The number of anilines is 1. The van der Waals surface area contributed by atoms with Crippen LogP contribution in [0, 0.1) is 12.8 Å². The second-order valence-corrected chi connectivity index (χ2v) is 8.20. The van der Waals surface area contributed by atoms with E-state index in [1.807, 2.05) is 43.3 Å². The maximum absolute atomic E-state index is 13.4. The summed E-state index contributed by atoms with van der Waals surface area (Å²) in [5, 5.41) is 0. The van der Waals surface area contributed by atoms with Crippen molar-refractivity contribution in [2.75, 3.05) is 4.90 Å². The van der Waals surface area contributed by atoms with Crippen molar-refractivity contribution in [1.29, 1.82) is 0 Å². The SMILES string of the molecule is Cc1ccc(C(=O)C2C(=O)C(=O)N(c3ccccn3)C2c2ccc(C(C)C)cc2)cc1. The van der Waals surface area contributed by atoms with Crippen LogP contribution in [0.1, 0.15) is 52.9 Å². The van der Waals surface area contributed by atoms with E-state index in [1.165, 1.54) is 4.90 Å². The van der Waals surface area contributed by atoms with Crippen LogP contribution >= 0.6 is 0 Å². The molecule has 2 atom stereocenters. The number of nitrogens with zero attached hydrogens (tertiary/aromatic N) is 2. The fourth-order valence-electron chi connectivity index (χ4n) is 3.99. The van der Waals surface area contributed by atoms with Crippen molar-refractivity contribution in [3.63, 3.8) is 0 Å². The summed E-state index contributed by atoms with van der Waals surface area (Å²) < 4.78 is 0. The summed E-state index contributed by atoms with van der Waals surface area (Å²) >= 11 is 0. The largest absolute Gasteiger partial charge is 0.297 e. The first-order valence-corrected chi connectivity index (χ1v) is 10.4. The Hall–Kier alpha value is -3.60. The maximum atomic E-state index is 13.4. The van der Waals surface area contributed by atoms with E-state index >= 15 is 0 Å². The molecule has 5 heteroatoms. The lowest BCUT2D eigenvalue weighted by Gasteiger charge is -2.26. The van der Waals surface area contributed by atoms with E-state index in [-0.39, 0.29) is 5.78 Å². The molecule has 2 heterocycles. The van der Waals surface area contributed by atoms with Crippen LogP contribution in [0.2, 0.25) is 0 Å². The quantitative estimate of drug-likeness (QED) is 0.347. The van der Waals surface area contributed by atoms with Gasteiger partial charge < -0.3 is 0 Å². The molecule has 1 amide bonds. The molecular formula is C26H24N2O3. The van der Waals surface area contributed by atoms with Crippen molar-refractivity contribution in [3.8, 4) is 0 Å². The Bertz CT molecular complexity index is 1120. The Labute approximate surface area is 181 Å². The fourth-order valence-corrected chi connectivity index (χ4v) is 3.99. The van der Waals surface area contributed by atoms with Crippen LogP contribution in [0.5, 0.6) is 0 Å². The van der Waals surface area contributed by atoms with Gasteiger partial charge in [-0.1, -0.05) is 74.0 Å². The standard InChI is InChI=1S/C26H24N2O3/c1-16(2)18-11-13-19(14-12-18)23-22(24(29)20-9-7-17(3)8-10-20)25(30)26(31)28(23)21-6-4-5-15-27-21/h4-16,22-23H,1-3H3. The van der Waals surface area contributed by atoms with Gasteiger partial charge in [-0.05, 0) is 36.1 Å². The molecule has 1 aliphatic rings. The van der Waals surface area contributed by atoms with E-state index in [2.05, 4.69) is 18.8 Å². The average Bonchev–Trinajstić information content (AvgIpc) is 3.05. The second-order valence-electron chi connectivity index (χ2n) is 8.20. The number of aromatic nitrogens is 1. The van der Waals surface area contributed by atoms with Gasteiger partial charge in [0.15, 0.2) is 5.78 Å². The summed E-state index contributed by atoms with van der Waals surface area (Å²) in [6.45, 7) is 6.13. The number of pyridine rings is 1. The van der Waals surface area contributed by atoms with Gasteiger partial charge in [0, 0.05) is 11.8 Å². The molecule has 1 aliphatic heterocycles. The van der Waals surface area contributed by atoms with Crippen LogP contribution in [-0.2, 0) is 9.59 Å². The summed E-state index contributed by atoms with van der Waals surface area (Å²) in [5.74, 6) is -2.18. The third-order valence-corrected chi connectivity index (χ3v) is 5.77. The monoisotopic (exact) mass is 412 g/mol. The molecule has 156 valence electrons.